The van der Waals surface area contributed by atoms with Crippen molar-refractivity contribution in [2.45, 2.75) is 32.2 Å². The molecule has 1 fully saturated rings. The maximum absolute atomic E-state index is 13.1. The largest absolute Gasteiger partial charge is 0.522 e. The van der Waals surface area contributed by atoms with Gasteiger partial charge in [0.2, 0.25) is 0 Å². The van der Waals surface area contributed by atoms with E-state index in [0.29, 0.717) is 11.3 Å². The molecule has 28 heavy (non-hydrogen) atoms. The lowest BCUT2D eigenvalue weighted by molar-refractivity contribution is -0.345. The van der Waals surface area contributed by atoms with Gasteiger partial charge in [0.15, 0.2) is 0 Å². The first kappa shape index (κ1) is 20.1. The first-order valence-electron chi connectivity index (χ1n) is 8.68. The normalized spacial score (nSPS) is 15.7. The number of nitrogens with zero attached hydrogens (tertiary/aromatic N) is 2. The first-order valence-corrected chi connectivity index (χ1v) is 8.68. The van der Waals surface area contributed by atoms with Crippen LogP contribution >= 0.6 is 0 Å². The molecule has 5 nitrogen and oxygen atoms in total. The molecular formula is C19H18F4N2O3. The zero-order valence-corrected chi connectivity index (χ0v) is 15.0. The minimum Gasteiger partial charge on any atom is -0.338 e. The molecule has 1 saturated heterocycles. The first-order chi connectivity index (χ1) is 13.2. The minimum absolute atomic E-state index is 0.0310. The average Bonchev–Trinajstić information content (AvgIpc) is 2.62. The lowest BCUT2D eigenvalue weighted by Gasteiger charge is -2.32. The highest BCUT2D eigenvalue weighted by molar-refractivity contribution is 5.95. The van der Waals surface area contributed by atoms with Gasteiger partial charge in [-0.15, -0.1) is 13.2 Å². The molecule has 1 amide bonds. The molecule has 1 aliphatic rings. The highest BCUT2D eigenvalue weighted by Gasteiger charge is 2.36. The molecule has 0 N–H and O–H groups in total. The van der Waals surface area contributed by atoms with Crippen molar-refractivity contribution in [3.63, 3.8) is 0 Å². The zero-order valence-electron chi connectivity index (χ0n) is 15.0. The van der Waals surface area contributed by atoms with Crippen molar-refractivity contribution in [1.29, 1.82) is 0 Å². The van der Waals surface area contributed by atoms with Crippen molar-refractivity contribution >= 4 is 5.91 Å². The van der Waals surface area contributed by atoms with Gasteiger partial charge in [-0.2, -0.15) is 0 Å². The summed E-state index contributed by atoms with van der Waals surface area (Å²) < 4.78 is 55.4. The van der Waals surface area contributed by atoms with Crippen molar-refractivity contribution < 1.29 is 27.1 Å². The number of carbonyl (C=O) groups excluding carboxylic acids is 1. The van der Waals surface area contributed by atoms with Gasteiger partial charge in [0.25, 0.3) is 11.5 Å². The van der Waals surface area contributed by atoms with Gasteiger partial charge in [0, 0.05) is 25.0 Å². The molecule has 0 bridgehead atoms. The van der Waals surface area contributed by atoms with Crippen LogP contribution in [0.15, 0.2) is 41.3 Å². The molecular weight excluding hydrogens is 380 g/mol. The fraction of sp³-hybridized carbons (Fsp3) is 0.368. The number of hydrogen-bond donors (Lipinski definition) is 0. The summed E-state index contributed by atoms with van der Waals surface area (Å²) in [6, 6.07) is 6.83. The number of pyridine rings is 1. The van der Waals surface area contributed by atoms with E-state index in [1.165, 1.54) is 39.9 Å². The number of ether oxygens (including phenoxy) is 1. The number of carbonyl (C=O) groups is 1. The summed E-state index contributed by atoms with van der Waals surface area (Å²) in [5, 5.41) is 0. The third kappa shape index (κ3) is 4.41. The van der Waals surface area contributed by atoms with Gasteiger partial charge in [-0.3, -0.25) is 18.9 Å². The van der Waals surface area contributed by atoms with Crippen LogP contribution in [0.1, 0.15) is 28.8 Å². The highest BCUT2D eigenvalue weighted by Crippen LogP contribution is 2.25. The number of alkyl halides is 3. The van der Waals surface area contributed by atoms with Gasteiger partial charge in [-0.1, -0.05) is 0 Å². The second kappa shape index (κ2) is 7.75. The summed E-state index contributed by atoms with van der Waals surface area (Å²) in [5.41, 5.74) is 0.243. The molecule has 0 atom stereocenters. The van der Waals surface area contributed by atoms with Gasteiger partial charge in [-0.05, 0) is 55.7 Å². The van der Waals surface area contributed by atoms with E-state index in [0.717, 1.165) is 0 Å². The zero-order chi connectivity index (χ0) is 20.5. The third-order valence-corrected chi connectivity index (χ3v) is 4.65. The molecule has 1 aromatic heterocycles. The van der Waals surface area contributed by atoms with Crippen molar-refractivity contribution in [3.8, 4) is 5.69 Å². The van der Waals surface area contributed by atoms with Gasteiger partial charge < -0.3 is 4.90 Å². The summed E-state index contributed by atoms with van der Waals surface area (Å²) in [6.07, 6.45) is -4.16. The predicted octanol–water partition coefficient (Wildman–Crippen LogP) is 3.43. The van der Waals surface area contributed by atoms with E-state index < -0.39 is 29.7 Å². The summed E-state index contributed by atoms with van der Waals surface area (Å²) in [6.45, 7) is 1.73. The van der Waals surface area contributed by atoms with E-state index >= 15 is 0 Å². The van der Waals surface area contributed by atoms with Crippen LogP contribution < -0.4 is 5.56 Å². The fourth-order valence-corrected chi connectivity index (χ4v) is 3.22. The van der Waals surface area contributed by atoms with Crippen LogP contribution in [0.2, 0.25) is 0 Å². The topological polar surface area (TPSA) is 51.5 Å². The fourth-order valence-electron chi connectivity index (χ4n) is 3.22. The molecule has 1 aromatic carbocycles. The second-order valence-electron chi connectivity index (χ2n) is 6.58. The maximum Gasteiger partial charge on any atom is 0.522 e. The second-order valence-corrected chi connectivity index (χ2v) is 6.58. The van der Waals surface area contributed by atoms with Gasteiger partial charge in [0.1, 0.15) is 11.4 Å². The van der Waals surface area contributed by atoms with E-state index in [1.807, 2.05) is 0 Å². The Hall–Kier alpha value is -2.68. The Morgan fingerprint density at radius 2 is 1.71 bits per heavy atom. The minimum atomic E-state index is -4.71. The number of piperidine rings is 1. The predicted molar refractivity (Wildman–Crippen MR) is 92.8 cm³/mol. The lowest BCUT2D eigenvalue weighted by Crippen LogP contribution is -2.44. The number of halogens is 4. The summed E-state index contributed by atoms with van der Waals surface area (Å²) in [7, 11) is 0. The van der Waals surface area contributed by atoms with E-state index in [4.69, 9.17) is 0 Å². The van der Waals surface area contributed by atoms with Crippen molar-refractivity contribution in [2.75, 3.05) is 13.1 Å². The Morgan fingerprint density at radius 1 is 1.11 bits per heavy atom. The van der Waals surface area contributed by atoms with Crippen LogP contribution in [0, 0.1) is 12.7 Å². The Balaban J connectivity index is 1.82. The highest BCUT2D eigenvalue weighted by atomic mass is 19.4. The lowest BCUT2D eigenvalue weighted by atomic mass is 10.0. The van der Waals surface area contributed by atoms with E-state index in [1.54, 1.807) is 13.0 Å². The third-order valence-electron chi connectivity index (χ3n) is 4.65. The molecule has 0 aliphatic carbocycles. The SMILES string of the molecule is Cc1ccn(-c2ccc(F)cc2)c(=O)c1C(=O)N1CCC(OC(F)(F)F)CC1. The standard InChI is InChI=1S/C19H18F4N2O3/c1-12-6-11-25(14-4-2-13(20)3-5-14)18(27)16(12)17(26)24-9-7-15(8-10-24)28-19(21,22)23/h2-6,11,15H,7-10H2,1H3. The van der Waals surface area contributed by atoms with Crippen LogP contribution in [0.5, 0.6) is 0 Å². The Bertz CT molecular complexity index is 914. The van der Waals surface area contributed by atoms with Crippen LogP contribution in [0.4, 0.5) is 17.6 Å². The molecule has 0 radical (unpaired) electrons. The Morgan fingerprint density at radius 3 is 2.29 bits per heavy atom. The number of hydrogen-bond acceptors (Lipinski definition) is 3. The Kier molecular flexibility index (Phi) is 5.55. The number of benzene rings is 1. The summed E-state index contributed by atoms with van der Waals surface area (Å²) in [4.78, 5) is 27.1. The number of likely N-dealkylation sites (tertiary alicyclic amines) is 1. The quantitative estimate of drug-likeness (QED) is 0.745. The summed E-state index contributed by atoms with van der Waals surface area (Å²) in [5.74, 6) is -0.992. The molecule has 150 valence electrons. The molecule has 2 aromatic rings. The monoisotopic (exact) mass is 398 g/mol. The molecule has 0 unspecified atom stereocenters. The molecule has 3 rings (SSSR count). The van der Waals surface area contributed by atoms with Crippen LogP contribution in [0.25, 0.3) is 5.69 Å². The van der Waals surface area contributed by atoms with Crippen LogP contribution in [0.3, 0.4) is 0 Å². The molecule has 1 aliphatic heterocycles. The number of amides is 1. The molecule has 0 spiro atoms. The number of aromatic nitrogens is 1. The molecule has 0 saturated carbocycles. The van der Waals surface area contributed by atoms with Crippen LogP contribution in [-0.2, 0) is 4.74 Å². The molecule has 9 heteroatoms. The van der Waals surface area contributed by atoms with Crippen molar-refractivity contribution in [2.24, 2.45) is 0 Å². The van der Waals surface area contributed by atoms with Gasteiger partial charge in [0.05, 0.1) is 6.10 Å². The van der Waals surface area contributed by atoms with Gasteiger partial charge >= 0.3 is 6.36 Å². The van der Waals surface area contributed by atoms with Crippen LogP contribution in [-0.4, -0.2) is 40.9 Å². The van der Waals surface area contributed by atoms with E-state index in [-0.39, 0.29) is 31.5 Å². The average molecular weight is 398 g/mol. The smallest absolute Gasteiger partial charge is 0.338 e. The summed E-state index contributed by atoms with van der Waals surface area (Å²) >= 11 is 0. The number of aryl methyl sites for hydroxylation is 1. The van der Waals surface area contributed by atoms with E-state index in [9.17, 15) is 27.2 Å². The van der Waals surface area contributed by atoms with Gasteiger partial charge in [-0.25, -0.2) is 4.39 Å². The molecule has 2 heterocycles. The Labute approximate surface area is 158 Å². The number of rotatable bonds is 3. The maximum atomic E-state index is 13.1. The van der Waals surface area contributed by atoms with E-state index in [2.05, 4.69) is 4.74 Å². The van der Waals surface area contributed by atoms with Crippen molar-refractivity contribution in [3.05, 3.63) is 63.8 Å². The van der Waals surface area contributed by atoms with Crippen molar-refractivity contribution in [1.82, 2.24) is 9.47 Å².